The van der Waals surface area contributed by atoms with E-state index in [4.69, 9.17) is 14.2 Å². The van der Waals surface area contributed by atoms with Crippen LogP contribution in [0.1, 0.15) is 31.1 Å². The second-order valence-corrected chi connectivity index (χ2v) is 5.44. The maximum absolute atomic E-state index is 12.7. The molecule has 0 bridgehead atoms. The van der Waals surface area contributed by atoms with Gasteiger partial charge in [-0.15, -0.1) is 0 Å². The van der Waals surface area contributed by atoms with Crippen LogP contribution < -0.4 is 9.47 Å². The van der Waals surface area contributed by atoms with Gasteiger partial charge in [-0.3, -0.25) is 4.79 Å². The van der Waals surface area contributed by atoms with Crippen molar-refractivity contribution in [3.05, 3.63) is 23.8 Å². The van der Waals surface area contributed by atoms with Crippen molar-refractivity contribution in [2.24, 2.45) is 5.92 Å². The van der Waals surface area contributed by atoms with Crippen molar-refractivity contribution in [1.82, 2.24) is 4.90 Å². The number of ether oxygens (including phenoxy) is 3. The largest absolute Gasteiger partial charge is 0.493 e. The number of hydrogen-bond donors (Lipinski definition) is 0. The van der Waals surface area contributed by atoms with Crippen molar-refractivity contribution in [1.29, 1.82) is 0 Å². The molecule has 0 aliphatic heterocycles. The van der Waals surface area contributed by atoms with Crippen LogP contribution in [0.5, 0.6) is 11.5 Å². The Hall–Kier alpha value is -1.75. The van der Waals surface area contributed by atoms with Crippen molar-refractivity contribution in [2.45, 2.75) is 20.8 Å². The van der Waals surface area contributed by atoms with Gasteiger partial charge in [-0.2, -0.15) is 0 Å². The molecule has 0 saturated heterocycles. The Morgan fingerprint density at radius 1 is 1.23 bits per heavy atom. The number of carbonyl (C=O) groups is 1. The van der Waals surface area contributed by atoms with Crippen molar-refractivity contribution in [3.8, 4) is 11.5 Å². The Labute approximate surface area is 133 Å². The van der Waals surface area contributed by atoms with Gasteiger partial charge in [-0.05, 0) is 31.0 Å². The van der Waals surface area contributed by atoms with Gasteiger partial charge in [0, 0.05) is 25.8 Å². The first-order chi connectivity index (χ1) is 10.5. The van der Waals surface area contributed by atoms with Crippen molar-refractivity contribution >= 4 is 5.91 Å². The fourth-order valence-corrected chi connectivity index (χ4v) is 2.18. The van der Waals surface area contributed by atoms with Gasteiger partial charge in [0.05, 0.1) is 20.3 Å². The van der Waals surface area contributed by atoms with Gasteiger partial charge in [0.1, 0.15) is 0 Å². The highest BCUT2D eigenvalue weighted by Crippen LogP contribution is 2.28. The highest BCUT2D eigenvalue weighted by Gasteiger charge is 2.18. The molecule has 0 heterocycles. The van der Waals surface area contributed by atoms with E-state index >= 15 is 0 Å². The average molecular weight is 309 g/mol. The summed E-state index contributed by atoms with van der Waals surface area (Å²) in [5.74, 6) is 1.59. The lowest BCUT2D eigenvalue weighted by atomic mass is 10.1. The minimum absolute atomic E-state index is 0.0212. The normalized spacial score (nSPS) is 10.6. The quantitative estimate of drug-likeness (QED) is 0.704. The van der Waals surface area contributed by atoms with Gasteiger partial charge in [-0.25, -0.2) is 0 Å². The molecule has 0 aliphatic rings. The first kappa shape index (κ1) is 18.3. The lowest BCUT2D eigenvalue weighted by molar-refractivity contribution is 0.0672. The Kier molecular flexibility index (Phi) is 7.74. The molecule has 0 aliphatic carbocycles. The molecule has 0 N–H and O–H groups in total. The third-order valence-electron chi connectivity index (χ3n) is 3.15. The summed E-state index contributed by atoms with van der Waals surface area (Å²) in [4.78, 5) is 14.5. The molecule has 0 atom stereocenters. The van der Waals surface area contributed by atoms with Gasteiger partial charge < -0.3 is 19.1 Å². The molecule has 0 saturated carbocycles. The second-order valence-electron chi connectivity index (χ2n) is 5.44. The number of benzene rings is 1. The van der Waals surface area contributed by atoms with E-state index in [2.05, 4.69) is 13.8 Å². The highest BCUT2D eigenvalue weighted by atomic mass is 16.5. The number of hydrogen-bond acceptors (Lipinski definition) is 4. The van der Waals surface area contributed by atoms with E-state index in [1.807, 2.05) is 11.8 Å². The zero-order chi connectivity index (χ0) is 16.5. The van der Waals surface area contributed by atoms with Crippen LogP contribution in [0.3, 0.4) is 0 Å². The number of nitrogens with zero attached hydrogens (tertiary/aromatic N) is 1. The van der Waals surface area contributed by atoms with Crippen LogP contribution in [0.2, 0.25) is 0 Å². The fourth-order valence-electron chi connectivity index (χ4n) is 2.18. The summed E-state index contributed by atoms with van der Waals surface area (Å²) in [6.45, 7) is 8.43. The molecule has 5 nitrogen and oxygen atoms in total. The van der Waals surface area contributed by atoms with Gasteiger partial charge in [0.25, 0.3) is 5.91 Å². The predicted molar refractivity (Wildman–Crippen MR) is 86.8 cm³/mol. The van der Waals surface area contributed by atoms with Gasteiger partial charge in [0.15, 0.2) is 11.5 Å². The van der Waals surface area contributed by atoms with Crippen LogP contribution in [0, 0.1) is 5.92 Å². The summed E-state index contributed by atoms with van der Waals surface area (Å²) in [7, 11) is 3.21. The van der Waals surface area contributed by atoms with E-state index in [-0.39, 0.29) is 5.91 Å². The molecule has 1 amide bonds. The average Bonchev–Trinajstić information content (AvgIpc) is 2.51. The molecule has 1 aromatic carbocycles. The van der Waals surface area contributed by atoms with Crippen LogP contribution in [0.25, 0.3) is 0 Å². The third-order valence-corrected chi connectivity index (χ3v) is 3.15. The SMILES string of the molecule is CCOc1ccc(C(=O)N(CCOC)CC(C)C)cc1OC. The summed E-state index contributed by atoms with van der Waals surface area (Å²) < 4.78 is 15.9. The zero-order valence-electron chi connectivity index (χ0n) is 14.2. The molecule has 0 radical (unpaired) electrons. The lowest BCUT2D eigenvalue weighted by Crippen LogP contribution is -2.36. The van der Waals surface area contributed by atoms with E-state index in [9.17, 15) is 4.79 Å². The molecule has 1 rings (SSSR count). The van der Waals surface area contributed by atoms with E-state index < -0.39 is 0 Å². The molecular formula is C17H27NO4. The van der Waals surface area contributed by atoms with E-state index in [1.54, 1.807) is 32.4 Å². The predicted octanol–water partition coefficient (Wildman–Crippen LogP) is 2.84. The van der Waals surface area contributed by atoms with E-state index in [0.29, 0.717) is 49.3 Å². The second kappa shape index (κ2) is 9.30. The first-order valence-corrected chi connectivity index (χ1v) is 7.62. The molecule has 0 fully saturated rings. The molecule has 22 heavy (non-hydrogen) atoms. The Morgan fingerprint density at radius 3 is 2.50 bits per heavy atom. The number of amides is 1. The molecule has 0 aromatic heterocycles. The fraction of sp³-hybridized carbons (Fsp3) is 0.588. The molecule has 0 unspecified atom stereocenters. The summed E-state index contributed by atoms with van der Waals surface area (Å²) in [5.41, 5.74) is 0.594. The summed E-state index contributed by atoms with van der Waals surface area (Å²) in [6.07, 6.45) is 0. The Morgan fingerprint density at radius 2 is 1.95 bits per heavy atom. The summed E-state index contributed by atoms with van der Waals surface area (Å²) in [6, 6.07) is 5.28. The number of methoxy groups -OCH3 is 2. The maximum atomic E-state index is 12.7. The van der Waals surface area contributed by atoms with Crippen molar-refractivity contribution < 1.29 is 19.0 Å². The highest BCUT2D eigenvalue weighted by molar-refractivity contribution is 5.95. The minimum Gasteiger partial charge on any atom is -0.493 e. The topological polar surface area (TPSA) is 48.0 Å². The molecule has 0 spiro atoms. The maximum Gasteiger partial charge on any atom is 0.254 e. The molecule has 1 aromatic rings. The van der Waals surface area contributed by atoms with E-state index in [0.717, 1.165) is 0 Å². The van der Waals surface area contributed by atoms with E-state index in [1.165, 1.54) is 0 Å². The van der Waals surface area contributed by atoms with Crippen molar-refractivity contribution in [3.63, 3.8) is 0 Å². The molecule has 124 valence electrons. The third kappa shape index (κ3) is 5.22. The van der Waals surface area contributed by atoms with Crippen LogP contribution in [-0.4, -0.2) is 51.3 Å². The first-order valence-electron chi connectivity index (χ1n) is 7.62. The van der Waals surface area contributed by atoms with Gasteiger partial charge in [0.2, 0.25) is 0 Å². The number of carbonyl (C=O) groups excluding carboxylic acids is 1. The van der Waals surface area contributed by atoms with Crippen LogP contribution >= 0.6 is 0 Å². The standard InChI is InChI=1S/C17H27NO4/c1-6-22-15-8-7-14(11-16(15)21-5)17(19)18(9-10-20-4)12-13(2)3/h7-8,11,13H,6,9-10,12H2,1-5H3. The smallest absolute Gasteiger partial charge is 0.254 e. The number of rotatable bonds is 9. The molecular weight excluding hydrogens is 282 g/mol. The Bertz CT molecular complexity index is 474. The van der Waals surface area contributed by atoms with Gasteiger partial charge in [-0.1, -0.05) is 13.8 Å². The van der Waals surface area contributed by atoms with Gasteiger partial charge >= 0.3 is 0 Å². The minimum atomic E-state index is -0.0212. The summed E-state index contributed by atoms with van der Waals surface area (Å²) in [5, 5.41) is 0. The Balaban J connectivity index is 2.96. The van der Waals surface area contributed by atoms with Crippen LogP contribution in [0.4, 0.5) is 0 Å². The summed E-state index contributed by atoms with van der Waals surface area (Å²) >= 11 is 0. The lowest BCUT2D eigenvalue weighted by Gasteiger charge is -2.24. The zero-order valence-corrected chi connectivity index (χ0v) is 14.2. The van der Waals surface area contributed by atoms with Crippen LogP contribution in [-0.2, 0) is 4.74 Å². The van der Waals surface area contributed by atoms with Crippen molar-refractivity contribution in [2.75, 3.05) is 40.5 Å². The molecule has 5 heteroatoms. The monoisotopic (exact) mass is 309 g/mol. The van der Waals surface area contributed by atoms with Crippen LogP contribution in [0.15, 0.2) is 18.2 Å².